The summed E-state index contributed by atoms with van der Waals surface area (Å²) in [5, 5.41) is 3.57. The molecule has 4 aromatic carbocycles. The number of ether oxygens (including phenoxy) is 4. The van der Waals surface area contributed by atoms with Crippen LogP contribution in [0.1, 0.15) is 119 Å². The SMILES string of the molecule is C=CC(=O)OC.CCCN(CCC)CCCCN(CCC(=O)OC)Cc1ccc(CN=Cc2ccc(OC)cc2)cc1.CCCN(CCC)CCCCNCc1ccc(CN=Cc2ccc(OC)cc2)cc1. The van der Waals surface area contributed by atoms with E-state index in [0.717, 1.165) is 67.8 Å². The average Bonchev–Trinajstić information content (AvgIpc) is 3.41. The van der Waals surface area contributed by atoms with Gasteiger partial charge < -0.3 is 34.1 Å². The summed E-state index contributed by atoms with van der Waals surface area (Å²) in [4.78, 5) is 38.2. The highest BCUT2D eigenvalue weighted by Crippen LogP contribution is 2.14. The van der Waals surface area contributed by atoms with Crippen molar-refractivity contribution in [2.75, 3.05) is 87.3 Å². The van der Waals surface area contributed by atoms with Crippen LogP contribution in [0.15, 0.2) is 120 Å². The Labute approximate surface area is 434 Å². The molecular weight excluding hydrogens is 901 g/mol. The summed E-state index contributed by atoms with van der Waals surface area (Å²) in [5.74, 6) is 1.17. The molecule has 12 nitrogen and oxygen atoms in total. The van der Waals surface area contributed by atoms with Crippen molar-refractivity contribution >= 4 is 24.4 Å². The molecule has 0 heterocycles. The van der Waals surface area contributed by atoms with E-state index in [2.05, 4.69) is 118 Å². The van der Waals surface area contributed by atoms with E-state index in [-0.39, 0.29) is 5.97 Å². The zero-order valence-electron chi connectivity index (χ0n) is 45.4. The van der Waals surface area contributed by atoms with Crippen molar-refractivity contribution < 1.29 is 28.5 Å². The summed E-state index contributed by atoms with van der Waals surface area (Å²) in [6, 6.07) is 33.2. The molecular formula is C60H90N6O6. The Morgan fingerprint density at radius 2 is 0.931 bits per heavy atom. The number of rotatable bonds is 34. The van der Waals surface area contributed by atoms with Crippen molar-refractivity contribution in [3.63, 3.8) is 0 Å². The number of methoxy groups -OCH3 is 4. The van der Waals surface area contributed by atoms with E-state index >= 15 is 0 Å². The van der Waals surface area contributed by atoms with E-state index in [9.17, 15) is 9.59 Å². The lowest BCUT2D eigenvalue weighted by atomic mass is 10.1. The molecule has 0 bridgehead atoms. The molecule has 4 aromatic rings. The van der Waals surface area contributed by atoms with Gasteiger partial charge >= 0.3 is 11.9 Å². The van der Waals surface area contributed by atoms with E-state index < -0.39 is 5.97 Å². The molecule has 0 aliphatic carbocycles. The lowest BCUT2D eigenvalue weighted by Crippen LogP contribution is -2.29. The van der Waals surface area contributed by atoms with Gasteiger partial charge in [0.1, 0.15) is 11.5 Å². The van der Waals surface area contributed by atoms with Crippen LogP contribution in [-0.4, -0.2) is 126 Å². The fraction of sp³-hybridized carbons (Fsp3) is 0.500. The van der Waals surface area contributed by atoms with Gasteiger partial charge in [-0.05, 0) is 186 Å². The maximum absolute atomic E-state index is 11.7. The summed E-state index contributed by atoms with van der Waals surface area (Å²) < 4.78 is 19.4. The Morgan fingerprint density at radius 3 is 1.32 bits per heavy atom. The largest absolute Gasteiger partial charge is 0.497 e. The molecule has 0 aliphatic heterocycles. The molecule has 0 fully saturated rings. The molecule has 72 heavy (non-hydrogen) atoms. The van der Waals surface area contributed by atoms with E-state index in [1.54, 1.807) is 14.2 Å². The highest BCUT2D eigenvalue weighted by atomic mass is 16.5. The first-order chi connectivity index (χ1) is 35.1. The second kappa shape index (κ2) is 40.9. The van der Waals surface area contributed by atoms with Crippen molar-refractivity contribution in [1.29, 1.82) is 0 Å². The van der Waals surface area contributed by atoms with Gasteiger partial charge in [0.15, 0.2) is 0 Å². The fourth-order valence-corrected chi connectivity index (χ4v) is 7.79. The van der Waals surface area contributed by atoms with Crippen LogP contribution in [0.25, 0.3) is 0 Å². The van der Waals surface area contributed by atoms with Crippen molar-refractivity contribution in [2.45, 2.75) is 112 Å². The van der Waals surface area contributed by atoms with Gasteiger partial charge in [-0.2, -0.15) is 0 Å². The van der Waals surface area contributed by atoms with Gasteiger partial charge in [-0.3, -0.25) is 19.7 Å². The molecule has 0 aromatic heterocycles. The summed E-state index contributed by atoms with van der Waals surface area (Å²) in [6.45, 7) is 25.3. The van der Waals surface area contributed by atoms with Crippen LogP contribution in [0.3, 0.4) is 0 Å². The van der Waals surface area contributed by atoms with Gasteiger partial charge in [0.05, 0.1) is 47.9 Å². The summed E-state index contributed by atoms with van der Waals surface area (Å²) >= 11 is 0. The number of carbonyl (C=O) groups is 2. The lowest BCUT2D eigenvalue weighted by molar-refractivity contribution is -0.141. The van der Waals surface area contributed by atoms with E-state index in [0.29, 0.717) is 26.1 Å². The Bertz CT molecular complexity index is 2030. The highest BCUT2D eigenvalue weighted by molar-refractivity contribution is 5.81. The van der Waals surface area contributed by atoms with Crippen LogP contribution in [0, 0.1) is 0 Å². The Kier molecular flexibility index (Phi) is 35.5. The van der Waals surface area contributed by atoms with Crippen LogP contribution in [0.2, 0.25) is 0 Å². The van der Waals surface area contributed by atoms with Crippen molar-refractivity contribution in [3.8, 4) is 11.5 Å². The van der Waals surface area contributed by atoms with Gasteiger partial charge in [0, 0.05) is 38.1 Å². The minimum atomic E-state index is -0.394. The molecule has 396 valence electrons. The van der Waals surface area contributed by atoms with Gasteiger partial charge in [0.2, 0.25) is 0 Å². The molecule has 0 aliphatic rings. The smallest absolute Gasteiger partial charge is 0.329 e. The summed E-state index contributed by atoms with van der Waals surface area (Å²) in [6.07, 6.45) is 15.1. The quantitative estimate of drug-likeness (QED) is 0.0210. The van der Waals surface area contributed by atoms with Gasteiger partial charge in [0.25, 0.3) is 0 Å². The zero-order chi connectivity index (χ0) is 52.4. The van der Waals surface area contributed by atoms with Crippen LogP contribution in [0.4, 0.5) is 0 Å². The third kappa shape index (κ3) is 29.6. The molecule has 0 saturated carbocycles. The Morgan fingerprint density at radius 1 is 0.514 bits per heavy atom. The van der Waals surface area contributed by atoms with Crippen molar-refractivity contribution in [1.82, 2.24) is 20.0 Å². The minimum Gasteiger partial charge on any atom is -0.497 e. The van der Waals surface area contributed by atoms with E-state index in [4.69, 9.17) is 14.2 Å². The second-order valence-corrected chi connectivity index (χ2v) is 17.7. The monoisotopic (exact) mass is 991 g/mol. The molecule has 12 heteroatoms. The number of nitrogens with zero attached hydrogens (tertiary/aromatic N) is 5. The van der Waals surface area contributed by atoms with Gasteiger partial charge in [-0.1, -0.05) is 82.8 Å². The Hall–Kier alpha value is -5.66. The molecule has 0 radical (unpaired) electrons. The van der Waals surface area contributed by atoms with Crippen molar-refractivity contribution in [2.24, 2.45) is 9.98 Å². The number of unbranched alkanes of at least 4 members (excludes halogenated alkanes) is 2. The van der Waals surface area contributed by atoms with Crippen LogP contribution >= 0.6 is 0 Å². The molecule has 0 atom stereocenters. The van der Waals surface area contributed by atoms with Gasteiger partial charge in [-0.15, -0.1) is 0 Å². The molecule has 0 saturated heterocycles. The molecule has 4 rings (SSSR count). The number of hydrogen-bond donors (Lipinski definition) is 1. The average molecular weight is 991 g/mol. The number of esters is 2. The molecule has 0 spiro atoms. The molecule has 1 N–H and O–H groups in total. The predicted molar refractivity (Wildman–Crippen MR) is 300 cm³/mol. The Balaban J connectivity index is 0.000000448. The molecule has 0 unspecified atom stereocenters. The number of hydrogen-bond acceptors (Lipinski definition) is 12. The minimum absolute atomic E-state index is 0.151. The topological polar surface area (TPSA) is 118 Å². The van der Waals surface area contributed by atoms with E-state index in [1.165, 1.54) is 114 Å². The van der Waals surface area contributed by atoms with Crippen LogP contribution < -0.4 is 14.8 Å². The van der Waals surface area contributed by atoms with Crippen molar-refractivity contribution in [3.05, 3.63) is 143 Å². The third-order valence-electron chi connectivity index (χ3n) is 11.7. The zero-order valence-corrected chi connectivity index (χ0v) is 45.4. The standard InChI is InChI=1S/C30H45N3O3.C26H39N3O.C4H6O2/c1-5-18-32(19-6-2)20-7-8-21-33(22-17-30(34)36-4)25-28-11-9-26(10-12-28)23-31-24-27-13-15-29(35-3)16-14-27;1-4-17-29(18-5-2)19-7-6-16-27-20-23-8-10-24(11-9-23)21-28-22-25-12-14-26(30-3)15-13-25;1-3-4(5)6-2/h9-16,24H,5-8,17-23,25H2,1-4H3;8-15,22,27H,4-7,16-21H2,1-3H3;3H,1H2,2H3. The van der Waals surface area contributed by atoms with Gasteiger partial charge in [-0.25, -0.2) is 4.79 Å². The van der Waals surface area contributed by atoms with Crippen LogP contribution in [-0.2, 0) is 45.2 Å². The second-order valence-electron chi connectivity index (χ2n) is 17.7. The maximum atomic E-state index is 11.7. The maximum Gasteiger partial charge on any atom is 0.329 e. The molecule has 0 amide bonds. The summed E-state index contributed by atoms with van der Waals surface area (Å²) in [5.41, 5.74) is 7.13. The van der Waals surface area contributed by atoms with Crippen LogP contribution in [0.5, 0.6) is 11.5 Å². The fourth-order valence-electron chi connectivity index (χ4n) is 7.79. The number of aliphatic imine (C=N–C) groups is 2. The highest BCUT2D eigenvalue weighted by Gasteiger charge is 2.11. The summed E-state index contributed by atoms with van der Waals surface area (Å²) in [7, 11) is 6.11. The first-order valence-electron chi connectivity index (χ1n) is 26.2. The van der Waals surface area contributed by atoms with E-state index in [1.807, 2.05) is 61.0 Å². The lowest BCUT2D eigenvalue weighted by Gasteiger charge is -2.24. The first kappa shape index (κ1) is 62.5. The number of benzene rings is 4. The number of nitrogens with one attached hydrogen (secondary N) is 1. The first-order valence-corrected chi connectivity index (χ1v) is 26.2. The normalized spacial score (nSPS) is 11.1. The number of carbonyl (C=O) groups excluding carboxylic acids is 2. The predicted octanol–water partition coefficient (Wildman–Crippen LogP) is 11.2. The third-order valence-corrected chi connectivity index (χ3v) is 11.7.